The molecule has 0 aromatic heterocycles. The van der Waals surface area contributed by atoms with Crippen LogP contribution in [0.25, 0.3) is 0 Å². The minimum atomic E-state index is -0.401. The first-order valence-corrected chi connectivity index (χ1v) is 10.3. The van der Waals surface area contributed by atoms with E-state index in [4.69, 9.17) is 4.74 Å². The summed E-state index contributed by atoms with van der Waals surface area (Å²) in [6.45, 7) is 1.00. The van der Waals surface area contributed by atoms with Gasteiger partial charge in [-0.05, 0) is 37.1 Å². The fraction of sp³-hybridized carbons (Fsp3) is 0.304. The van der Waals surface area contributed by atoms with Crippen LogP contribution in [0.3, 0.4) is 0 Å². The van der Waals surface area contributed by atoms with Crippen molar-refractivity contribution < 1.29 is 23.9 Å². The Morgan fingerprint density at radius 2 is 1.48 bits per heavy atom. The summed E-state index contributed by atoms with van der Waals surface area (Å²) in [6, 6.07) is 15.5. The summed E-state index contributed by atoms with van der Waals surface area (Å²) in [5, 5.41) is 2.94. The Bertz CT molecular complexity index is 964. The SMILES string of the molecule is O=C(CCN1C(=O)c2ccccc2C1=O)NC1CCN(C(=O)Oc2ccccc2)CC1. The zero-order chi connectivity index (χ0) is 21.8. The van der Waals surface area contributed by atoms with Crippen LogP contribution in [0.4, 0.5) is 4.79 Å². The van der Waals surface area contributed by atoms with Gasteiger partial charge in [-0.2, -0.15) is 0 Å². The molecule has 1 N–H and O–H groups in total. The molecule has 1 saturated heterocycles. The number of benzene rings is 2. The Hall–Kier alpha value is -3.68. The van der Waals surface area contributed by atoms with Crippen molar-refractivity contribution in [2.75, 3.05) is 19.6 Å². The van der Waals surface area contributed by atoms with Gasteiger partial charge in [-0.15, -0.1) is 0 Å². The second kappa shape index (κ2) is 8.99. The van der Waals surface area contributed by atoms with Gasteiger partial charge in [-0.25, -0.2) is 4.79 Å². The molecule has 0 bridgehead atoms. The number of amides is 4. The second-order valence-corrected chi connectivity index (χ2v) is 7.57. The maximum atomic E-state index is 12.4. The van der Waals surface area contributed by atoms with Gasteiger partial charge in [0, 0.05) is 32.1 Å². The molecule has 0 atom stereocenters. The lowest BCUT2D eigenvalue weighted by atomic mass is 10.1. The minimum absolute atomic E-state index is 0.0421. The molecule has 8 heteroatoms. The lowest BCUT2D eigenvalue weighted by Gasteiger charge is -2.31. The van der Waals surface area contributed by atoms with Crippen molar-refractivity contribution in [3.63, 3.8) is 0 Å². The van der Waals surface area contributed by atoms with Crippen molar-refractivity contribution >= 4 is 23.8 Å². The number of fused-ring (bicyclic) bond motifs is 1. The highest BCUT2D eigenvalue weighted by Gasteiger charge is 2.35. The topological polar surface area (TPSA) is 96.0 Å². The van der Waals surface area contributed by atoms with Crippen molar-refractivity contribution in [3.8, 4) is 5.75 Å². The molecule has 8 nitrogen and oxygen atoms in total. The van der Waals surface area contributed by atoms with E-state index in [1.807, 2.05) is 6.07 Å². The van der Waals surface area contributed by atoms with Crippen LogP contribution in [0.5, 0.6) is 5.75 Å². The van der Waals surface area contributed by atoms with Crippen LogP contribution < -0.4 is 10.1 Å². The quantitative estimate of drug-likeness (QED) is 0.748. The number of nitrogens with one attached hydrogen (secondary N) is 1. The standard InChI is InChI=1S/C23H23N3O5/c27-20(12-15-26-21(28)18-8-4-5-9-19(18)22(26)29)24-16-10-13-25(14-11-16)23(30)31-17-6-2-1-3-7-17/h1-9,16H,10-15H2,(H,24,27). The van der Waals surface area contributed by atoms with Gasteiger partial charge < -0.3 is 15.0 Å². The van der Waals surface area contributed by atoms with Crippen LogP contribution in [0, 0.1) is 0 Å². The second-order valence-electron chi connectivity index (χ2n) is 7.57. The van der Waals surface area contributed by atoms with Crippen LogP contribution in [0.15, 0.2) is 54.6 Å². The van der Waals surface area contributed by atoms with E-state index in [-0.39, 0.29) is 36.7 Å². The van der Waals surface area contributed by atoms with Gasteiger partial charge in [0.1, 0.15) is 5.75 Å². The molecule has 0 unspecified atom stereocenters. The Morgan fingerprint density at radius 1 is 0.903 bits per heavy atom. The molecule has 2 aliphatic rings. The van der Waals surface area contributed by atoms with Crippen LogP contribution in [0.2, 0.25) is 0 Å². The summed E-state index contributed by atoms with van der Waals surface area (Å²) in [5.41, 5.74) is 0.755. The third-order valence-electron chi connectivity index (χ3n) is 5.51. The summed E-state index contributed by atoms with van der Waals surface area (Å²) in [7, 11) is 0. The number of imide groups is 1. The van der Waals surface area contributed by atoms with Gasteiger partial charge in [0.25, 0.3) is 11.8 Å². The molecule has 160 valence electrons. The average Bonchev–Trinajstić information content (AvgIpc) is 3.03. The molecular formula is C23H23N3O5. The Labute approximate surface area is 179 Å². The molecule has 1 fully saturated rings. The molecule has 4 amide bonds. The van der Waals surface area contributed by atoms with Gasteiger partial charge in [0.05, 0.1) is 11.1 Å². The Morgan fingerprint density at radius 3 is 2.10 bits per heavy atom. The predicted octanol–water partition coefficient (Wildman–Crippen LogP) is 2.45. The van der Waals surface area contributed by atoms with Gasteiger partial charge in [-0.1, -0.05) is 30.3 Å². The van der Waals surface area contributed by atoms with E-state index in [2.05, 4.69) is 5.32 Å². The van der Waals surface area contributed by atoms with E-state index < -0.39 is 6.09 Å². The fourth-order valence-electron chi connectivity index (χ4n) is 3.82. The van der Waals surface area contributed by atoms with E-state index in [1.165, 1.54) is 0 Å². The molecule has 0 radical (unpaired) electrons. The highest BCUT2D eigenvalue weighted by atomic mass is 16.6. The van der Waals surface area contributed by atoms with Crippen molar-refractivity contribution in [2.45, 2.75) is 25.3 Å². The lowest BCUT2D eigenvalue weighted by molar-refractivity contribution is -0.122. The van der Waals surface area contributed by atoms with E-state index in [0.29, 0.717) is 42.8 Å². The number of rotatable bonds is 5. The van der Waals surface area contributed by atoms with Crippen LogP contribution in [-0.2, 0) is 4.79 Å². The maximum Gasteiger partial charge on any atom is 0.415 e. The number of piperidine rings is 1. The van der Waals surface area contributed by atoms with Crippen LogP contribution in [0.1, 0.15) is 40.0 Å². The van der Waals surface area contributed by atoms with Gasteiger partial charge in [0.15, 0.2) is 0 Å². The molecule has 2 aromatic rings. The molecular weight excluding hydrogens is 398 g/mol. The summed E-state index contributed by atoms with van der Waals surface area (Å²) >= 11 is 0. The first-order chi connectivity index (χ1) is 15.0. The molecule has 2 aromatic carbocycles. The van der Waals surface area contributed by atoms with E-state index in [0.717, 1.165) is 4.90 Å². The Kier molecular flexibility index (Phi) is 5.97. The van der Waals surface area contributed by atoms with Crippen LogP contribution >= 0.6 is 0 Å². The molecule has 0 saturated carbocycles. The third kappa shape index (κ3) is 4.58. The maximum absolute atomic E-state index is 12.4. The first kappa shape index (κ1) is 20.6. The third-order valence-corrected chi connectivity index (χ3v) is 5.51. The smallest absolute Gasteiger partial charge is 0.410 e. The van der Waals surface area contributed by atoms with Crippen molar-refractivity contribution in [2.24, 2.45) is 0 Å². The zero-order valence-electron chi connectivity index (χ0n) is 17.0. The number of hydrogen-bond acceptors (Lipinski definition) is 5. The number of carbonyl (C=O) groups is 4. The van der Waals surface area contributed by atoms with Crippen molar-refractivity contribution in [1.82, 2.24) is 15.1 Å². The summed E-state index contributed by atoms with van der Waals surface area (Å²) < 4.78 is 5.34. The average molecular weight is 421 g/mol. The zero-order valence-corrected chi connectivity index (χ0v) is 17.0. The summed E-state index contributed by atoms with van der Waals surface area (Å²) in [5.74, 6) is -0.449. The summed E-state index contributed by atoms with van der Waals surface area (Å²) in [4.78, 5) is 52.1. The van der Waals surface area contributed by atoms with E-state index in [1.54, 1.807) is 53.4 Å². The number of likely N-dealkylation sites (tertiary alicyclic amines) is 1. The minimum Gasteiger partial charge on any atom is -0.410 e. The number of hydrogen-bond donors (Lipinski definition) is 1. The van der Waals surface area contributed by atoms with Gasteiger partial charge in [0.2, 0.25) is 5.91 Å². The fourth-order valence-corrected chi connectivity index (χ4v) is 3.82. The van der Waals surface area contributed by atoms with Crippen molar-refractivity contribution in [3.05, 3.63) is 65.7 Å². The monoisotopic (exact) mass is 421 g/mol. The normalized spacial score (nSPS) is 16.3. The molecule has 2 aliphatic heterocycles. The highest BCUT2D eigenvalue weighted by Crippen LogP contribution is 2.22. The molecule has 0 aliphatic carbocycles. The molecule has 4 rings (SSSR count). The van der Waals surface area contributed by atoms with Crippen LogP contribution in [-0.4, -0.2) is 59.3 Å². The lowest BCUT2D eigenvalue weighted by Crippen LogP contribution is -2.47. The molecule has 0 spiro atoms. The number of nitrogens with zero attached hydrogens (tertiary/aromatic N) is 2. The number of carbonyl (C=O) groups excluding carboxylic acids is 4. The Balaban J connectivity index is 1.21. The number of para-hydroxylation sites is 1. The van der Waals surface area contributed by atoms with Gasteiger partial charge >= 0.3 is 6.09 Å². The largest absolute Gasteiger partial charge is 0.415 e. The van der Waals surface area contributed by atoms with Crippen molar-refractivity contribution in [1.29, 1.82) is 0 Å². The first-order valence-electron chi connectivity index (χ1n) is 10.3. The molecule has 31 heavy (non-hydrogen) atoms. The summed E-state index contributed by atoms with van der Waals surface area (Å²) in [6.07, 6.45) is 0.870. The molecule has 2 heterocycles. The van der Waals surface area contributed by atoms with Gasteiger partial charge in [-0.3, -0.25) is 19.3 Å². The van der Waals surface area contributed by atoms with E-state index in [9.17, 15) is 19.2 Å². The number of ether oxygens (including phenoxy) is 1. The predicted molar refractivity (Wildman–Crippen MR) is 112 cm³/mol. The van der Waals surface area contributed by atoms with E-state index >= 15 is 0 Å². The highest BCUT2D eigenvalue weighted by molar-refractivity contribution is 6.21.